The molecule has 0 bridgehead atoms. The van der Waals surface area contributed by atoms with Crippen LogP contribution in [0.3, 0.4) is 0 Å². The number of aromatic nitrogens is 1. The Kier molecular flexibility index (Phi) is 5.88. The Balaban J connectivity index is 1.35. The SMILES string of the molecule is NC(=O)c1cc(COc2ccc(NC(=O)Nc3ccc4c(c3)OC(F)(F)O4)c(Cl)c2)ccn1. The number of carbonyl (C=O) groups excluding carboxylic acids is 2. The molecule has 0 spiro atoms. The number of benzene rings is 2. The number of anilines is 2. The summed E-state index contributed by atoms with van der Waals surface area (Å²) in [5.41, 5.74) is 6.50. The molecular weight excluding hydrogens is 462 g/mol. The van der Waals surface area contributed by atoms with Gasteiger partial charge in [-0.1, -0.05) is 11.6 Å². The summed E-state index contributed by atoms with van der Waals surface area (Å²) in [5.74, 6) is -0.566. The van der Waals surface area contributed by atoms with Crippen molar-refractivity contribution in [3.8, 4) is 17.2 Å². The summed E-state index contributed by atoms with van der Waals surface area (Å²) in [6.07, 6.45) is -2.30. The molecular formula is C21H15ClF2N4O5. The zero-order chi connectivity index (χ0) is 23.6. The van der Waals surface area contributed by atoms with Crippen LogP contribution in [0.15, 0.2) is 54.7 Å². The fourth-order valence-electron chi connectivity index (χ4n) is 2.86. The molecule has 4 rings (SSSR count). The van der Waals surface area contributed by atoms with Gasteiger partial charge in [-0.3, -0.25) is 9.78 Å². The molecule has 0 saturated heterocycles. The minimum atomic E-state index is -3.75. The maximum absolute atomic E-state index is 13.1. The maximum Gasteiger partial charge on any atom is 0.586 e. The molecule has 0 atom stereocenters. The lowest BCUT2D eigenvalue weighted by molar-refractivity contribution is -0.286. The summed E-state index contributed by atoms with van der Waals surface area (Å²) in [7, 11) is 0. The first-order valence-corrected chi connectivity index (χ1v) is 9.71. The Hall–Kier alpha value is -4.12. The zero-order valence-electron chi connectivity index (χ0n) is 16.6. The number of ether oxygens (including phenoxy) is 3. The Labute approximate surface area is 190 Å². The standard InChI is InChI=1S/C21H15ClF2N4O5/c22-14-9-13(31-10-11-5-6-26-16(7-11)19(25)29)2-3-15(14)28-20(30)27-12-1-4-17-18(8-12)33-21(23,24)32-17/h1-9H,10H2,(H2,25,29)(H2,27,28,30). The highest BCUT2D eigenvalue weighted by Crippen LogP contribution is 2.42. The summed E-state index contributed by atoms with van der Waals surface area (Å²) < 4.78 is 40.5. The van der Waals surface area contributed by atoms with Crippen molar-refractivity contribution < 1.29 is 32.6 Å². The summed E-state index contributed by atoms with van der Waals surface area (Å²) >= 11 is 6.22. The molecule has 0 radical (unpaired) electrons. The van der Waals surface area contributed by atoms with Gasteiger partial charge in [0.15, 0.2) is 11.5 Å². The number of amides is 3. The third kappa shape index (κ3) is 5.39. The minimum Gasteiger partial charge on any atom is -0.489 e. The average Bonchev–Trinajstić information content (AvgIpc) is 3.07. The van der Waals surface area contributed by atoms with Gasteiger partial charge in [-0.2, -0.15) is 0 Å². The summed E-state index contributed by atoms with van der Waals surface area (Å²) in [5, 5.41) is 5.23. The number of urea groups is 1. The van der Waals surface area contributed by atoms with E-state index < -0.39 is 18.2 Å². The Morgan fingerprint density at radius 2 is 1.85 bits per heavy atom. The van der Waals surface area contributed by atoms with Crippen molar-refractivity contribution in [2.75, 3.05) is 10.6 Å². The van der Waals surface area contributed by atoms with E-state index in [1.807, 2.05) is 0 Å². The first-order chi connectivity index (χ1) is 15.7. The number of nitrogens with two attached hydrogens (primary N) is 1. The van der Waals surface area contributed by atoms with Crippen LogP contribution in [0.4, 0.5) is 25.0 Å². The van der Waals surface area contributed by atoms with E-state index in [4.69, 9.17) is 22.1 Å². The highest BCUT2D eigenvalue weighted by atomic mass is 35.5. The van der Waals surface area contributed by atoms with Crippen LogP contribution in [-0.2, 0) is 6.61 Å². The van der Waals surface area contributed by atoms with Crippen molar-refractivity contribution in [1.29, 1.82) is 0 Å². The van der Waals surface area contributed by atoms with E-state index in [2.05, 4.69) is 25.1 Å². The second kappa shape index (κ2) is 8.79. The average molecular weight is 477 g/mol. The van der Waals surface area contributed by atoms with Crippen molar-refractivity contribution in [3.05, 3.63) is 71.0 Å². The monoisotopic (exact) mass is 476 g/mol. The van der Waals surface area contributed by atoms with Crippen molar-refractivity contribution >= 4 is 34.9 Å². The van der Waals surface area contributed by atoms with Crippen LogP contribution in [0.25, 0.3) is 0 Å². The number of rotatable bonds is 6. The fourth-order valence-corrected chi connectivity index (χ4v) is 3.08. The molecule has 2 heterocycles. The van der Waals surface area contributed by atoms with Gasteiger partial charge in [0.1, 0.15) is 18.1 Å². The lowest BCUT2D eigenvalue weighted by Crippen LogP contribution is -2.25. The molecule has 3 amide bonds. The van der Waals surface area contributed by atoms with Crippen molar-refractivity contribution in [1.82, 2.24) is 4.98 Å². The highest BCUT2D eigenvalue weighted by Gasteiger charge is 2.43. The number of hydrogen-bond acceptors (Lipinski definition) is 6. The Bertz CT molecular complexity index is 1240. The molecule has 1 aliphatic heterocycles. The van der Waals surface area contributed by atoms with Gasteiger partial charge < -0.3 is 30.6 Å². The van der Waals surface area contributed by atoms with E-state index in [1.165, 1.54) is 42.6 Å². The van der Waals surface area contributed by atoms with Gasteiger partial charge in [-0.25, -0.2) is 4.79 Å². The van der Waals surface area contributed by atoms with Gasteiger partial charge >= 0.3 is 12.3 Å². The normalized spacial score (nSPS) is 13.3. The first kappa shape index (κ1) is 22.1. The van der Waals surface area contributed by atoms with E-state index in [-0.39, 0.29) is 40.2 Å². The second-order valence-electron chi connectivity index (χ2n) is 6.75. The number of primary amides is 1. The largest absolute Gasteiger partial charge is 0.586 e. The number of hydrogen-bond donors (Lipinski definition) is 3. The van der Waals surface area contributed by atoms with Crippen LogP contribution in [0, 0.1) is 0 Å². The number of halogens is 3. The topological polar surface area (TPSA) is 125 Å². The number of pyridine rings is 1. The first-order valence-electron chi connectivity index (χ1n) is 9.33. The lowest BCUT2D eigenvalue weighted by Gasteiger charge is -2.12. The smallest absolute Gasteiger partial charge is 0.489 e. The van der Waals surface area contributed by atoms with Crippen LogP contribution in [-0.4, -0.2) is 23.2 Å². The number of nitrogens with one attached hydrogen (secondary N) is 2. The molecule has 3 aromatic rings. The summed E-state index contributed by atoms with van der Waals surface area (Å²) in [4.78, 5) is 27.3. The van der Waals surface area contributed by atoms with Crippen molar-refractivity contribution in [2.24, 2.45) is 5.73 Å². The van der Waals surface area contributed by atoms with E-state index in [0.29, 0.717) is 11.3 Å². The van der Waals surface area contributed by atoms with Gasteiger partial charge in [0, 0.05) is 24.0 Å². The van der Waals surface area contributed by atoms with Crippen LogP contribution in [0.1, 0.15) is 16.1 Å². The molecule has 1 aromatic heterocycles. The van der Waals surface area contributed by atoms with Gasteiger partial charge in [0.05, 0.1) is 10.7 Å². The Morgan fingerprint density at radius 3 is 2.61 bits per heavy atom. The van der Waals surface area contributed by atoms with Crippen LogP contribution in [0.5, 0.6) is 17.2 Å². The molecule has 12 heteroatoms. The van der Waals surface area contributed by atoms with Crippen molar-refractivity contribution in [2.45, 2.75) is 12.9 Å². The van der Waals surface area contributed by atoms with Gasteiger partial charge in [0.25, 0.3) is 5.91 Å². The van der Waals surface area contributed by atoms with Crippen LogP contribution in [0.2, 0.25) is 5.02 Å². The third-order valence-corrected chi connectivity index (χ3v) is 4.64. The van der Waals surface area contributed by atoms with E-state index in [1.54, 1.807) is 12.1 Å². The summed E-state index contributed by atoms with van der Waals surface area (Å²) in [6.45, 7) is 0.134. The quantitative estimate of drug-likeness (QED) is 0.485. The van der Waals surface area contributed by atoms with Crippen molar-refractivity contribution in [3.63, 3.8) is 0 Å². The molecule has 170 valence electrons. The number of carbonyl (C=O) groups is 2. The van der Waals surface area contributed by atoms with E-state index >= 15 is 0 Å². The molecule has 2 aromatic carbocycles. The molecule has 9 nitrogen and oxygen atoms in total. The number of nitrogens with zero attached hydrogens (tertiary/aromatic N) is 1. The number of alkyl halides is 2. The van der Waals surface area contributed by atoms with Gasteiger partial charge in [-0.05, 0) is 42.0 Å². The molecule has 0 fully saturated rings. The van der Waals surface area contributed by atoms with Gasteiger partial charge in [0.2, 0.25) is 0 Å². The fraction of sp³-hybridized carbons (Fsp3) is 0.0952. The molecule has 33 heavy (non-hydrogen) atoms. The molecule has 0 aliphatic carbocycles. The summed E-state index contributed by atoms with van der Waals surface area (Å²) in [6, 6.07) is 11.0. The van der Waals surface area contributed by atoms with Crippen LogP contribution < -0.4 is 30.6 Å². The molecule has 0 unspecified atom stereocenters. The molecule has 4 N–H and O–H groups in total. The van der Waals surface area contributed by atoms with Gasteiger partial charge in [-0.15, -0.1) is 8.78 Å². The zero-order valence-corrected chi connectivity index (χ0v) is 17.4. The minimum absolute atomic E-state index is 0.121. The highest BCUT2D eigenvalue weighted by molar-refractivity contribution is 6.34. The third-order valence-electron chi connectivity index (χ3n) is 4.33. The number of fused-ring (bicyclic) bond motifs is 1. The van der Waals surface area contributed by atoms with Crippen LogP contribution >= 0.6 is 11.6 Å². The molecule has 1 aliphatic rings. The molecule has 0 saturated carbocycles. The predicted molar refractivity (Wildman–Crippen MR) is 114 cm³/mol. The second-order valence-corrected chi connectivity index (χ2v) is 7.16. The predicted octanol–water partition coefficient (Wildman–Crippen LogP) is 4.38. The van der Waals surface area contributed by atoms with E-state index in [9.17, 15) is 18.4 Å². The lowest BCUT2D eigenvalue weighted by atomic mass is 10.2. The maximum atomic E-state index is 13.1. The Morgan fingerprint density at radius 1 is 1.06 bits per heavy atom. The van der Waals surface area contributed by atoms with E-state index in [0.717, 1.165) is 0 Å².